The zero-order chi connectivity index (χ0) is 13.5. The second kappa shape index (κ2) is 7.42. The van der Waals surface area contributed by atoms with Crippen LogP contribution in [0, 0.1) is 0 Å². The summed E-state index contributed by atoms with van der Waals surface area (Å²) in [5.41, 5.74) is 3.27. The van der Waals surface area contributed by atoms with Crippen LogP contribution in [0.4, 0.5) is 0 Å². The van der Waals surface area contributed by atoms with Gasteiger partial charge in [-0.1, -0.05) is 56.3 Å². The Labute approximate surface area is 115 Å². The standard InChI is InChI=1S/C16H25NSi/c1-6-13(4)18-16-12-10-9-11-15(16)14(5)17(7-2)8-3/h9-13H,5-8H2,1-4H3. The second-order valence-electron chi connectivity index (χ2n) is 4.62. The fourth-order valence-corrected chi connectivity index (χ4v) is 3.31. The lowest BCUT2D eigenvalue weighted by atomic mass is 10.1. The minimum Gasteiger partial charge on any atom is -0.372 e. The van der Waals surface area contributed by atoms with E-state index in [-0.39, 0.29) is 0 Å². The number of nitrogens with zero attached hydrogens (tertiary/aromatic N) is 1. The molecule has 0 N–H and O–H groups in total. The van der Waals surface area contributed by atoms with Crippen LogP contribution in [0.25, 0.3) is 5.70 Å². The third-order valence-electron chi connectivity index (χ3n) is 3.40. The Balaban J connectivity index is 2.97. The molecule has 0 saturated carbocycles. The zero-order valence-corrected chi connectivity index (χ0v) is 13.2. The summed E-state index contributed by atoms with van der Waals surface area (Å²) in [6.45, 7) is 15.3. The van der Waals surface area contributed by atoms with Gasteiger partial charge in [0.25, 0.3) is 0 Å². The first kappa shape index (κ1) is 15.0. The van der Waals surface area contributed by atoms with Crippen molar-refractivity contribution in [3.63, 3.8) is 0 Å². The van der Waals surface area contributed by atoms with E-state index in [1.54, 1.807) is 0 Å². The molecule has 0 bridgehead atoms. The Morgan fingerprint density at radius 3 is 2.39 bits per heavy atom. The van der Waals surface area contributed by atoms with E-state index in [1.165, 1.54) is 22.9 Å². The van der Waals surface area contributed by atoms with Gasteiger partial charge in [-0.05, 0) is 25.0 Å². The summed E-state index contributed by atoms with van der Waals surface area (Å²) in [5.74, 6) is 0. The fraction of sp³-hybridized carbons (Fsp3) is 0.500. The molecule has 1 aromatic carbocycles. The molecule has 1 unspecified atom stereocenters. The lowest BCUT2D eigenvalue weighted by molar-refractivity contribution is 0.443. The van der Waals surface area contributed by atoms with Gasteiger partial charge in [0, 0.05) is 18.8 Å². The summed E-state index contributed by atoms with van der Waals surface area (Å²) in [4.78, 5) is 2.33. The second-order valence-corrected chi connectivity index (χ2v) is 6.43. The Hall–Kier alpha value is -1.02. The molecule has 2 heteroatoms. The molecule has 0 fully saturated rings. The summed E-state index contributed by atoms with van der Waals surface area (Å²) >= 11 is 0. The fourth-order valence-electron chi connectivity index (χ4n) is 2.00. The average molecular weight is 259 g/mol. The van der Waals surface area contributed by atoms with Crippen molar-refractivity contribution in [1.82, 2.24) is 4.90 Å². The van der Waals surface area contributed by atoms with Crippen LogP contribution in [0.5, 0.6) is 0 Å². The van der Waals surface area contributed by atoms with Crippen molar-refractivity contribution in [2.24, 2.45) is 0 Å². The van der Waals surface area contributed by atoms with Crippen LogP contribution in [-0.4, -0.2) is 27.5 Å². The molecule has 1 nitrogen and oxygen atoms in total. The first-order valence-electron chi connectivity index (χ1n) is 6.93. The van der Waals surface area contributed by atoms with Crippen molar-refractivity contribution in [3.05, 3.63) is 36.4 Å². The molecule has 1 aromatic rings. The summed E-state index contributed by atoms with van der Waals surface area (Å²) in [5, 5.41) is 1.46. The van der Waals surface area contributed by atoms with Gasteiger partial charge in [-0.3, -0.25) is 0 Å². The molecule has 1 rings (SSSR count). The number of hydrogen-bond acceptors (Lipinski definition) is 1. The molecule has 0 aromatic heterocycles. The van der Waals surface area contributed by atoms with Crippen LogP contribution in [0.15, 0.2) is 30.8 Å². The van der Waals surface area contributed by atoms with Gasteiger partial charge < -0.3 is 4.90 Å². The van der Waals surface area contributed by atoms with Crippen LogP contribution in [0.3, 0.4) is 0 Å². The summed E-state index contributed by atoms with van der Waals surface area (Å²) < 4.78 is 0. The van der Waals surface area contributed by atoms with Gasteiger partial charge in [-0.25, -0.2) is 0 Å². The highest BCUT2D eigenvalue weighted by molar-refractivity contribution is 6.56. The summed E-state index contributed by atoms with van der Waals surface area (Å²) in [6, 6.07) is 8.73. The van der Waals surface area contributed by atoms with Gasteiger partial charge in [0.05, 0.1) is 9.52 Å². The lowest BCUT2D eigenvalue weighted by Gasteiger charge is -2.25. The quantitative estimate of drug-likeness (QED) is 0.677. The van der Waals surface area contributed by atoms with Crippen LogP contribution in [0.2, 0.25) is 5.54 Å². The largest absolute Gasteiger partial charge is 0.372 e. The molecular formula is C16H25NSi. The Kier molecular flexibility index (Phi) is 6.20. The molecule has 98 valence electrons. The number of rotatable bonds is 7. The number of benzene rings is 1. The smallest absolute Gasteiger partial charge is 0.0848 e. The molecule has 0 aliphatic rings. The molecule has 0 amide bonds. The molecule has 0 aliphatic carbocycles. The molecule has 18 heavy (non-hydrogen) atoms. The van der Waals surface area contributed by atoms with E-state index in [1.807, 2.05) is 0 Å². The monoisotopic (exact) mass is 259 g/mol. The maximum atomic E-state index is 4.29. The highest BCUT2D eigenvalue weighted by atomic mass is 28.2. The van der Waals surface area contributed by atoms with Gasteiger partial charge in [0.2, 0.25) is 0 Å². The van der Waals surface area contributed by atoms with Crippen LogP contribution in [-0.2, 0) is 0 Å². The van der Waals surface area contributed by atoms with Crippen molar-refractivity contribution in [2.75, 3.05) is 13.1 Å². The van der Waals surface area contributed by atoms with Gasteiger partial charge in [-0.2, -0.15) is 0 Å². The van der Waals surface area contributed by atoms with Crippen LogP contribution in [0.1, 0.15) is 39.7 Å². The third kappa shape index (κ3) is 3.74. The maximum Gasteiger partial charge on any atom is 0.0848 e. The predicted molar refractivity (Wildman–Crippen MR) is 83.5 cm³/mol. The molecule has 1 atom stereocenters. The Bertz CT molecular complexity index is 382. The molecule has 0 spiro atoms. The van der Waals surface area contributed by atoms with E-state index in [0.717, 1.165) is 28.2 Å². The average Bonchev–Trinajstić information content (AvgIpc) is 2.40. The predicted octanol–water partition coefficient (Wildman–Crippen LogP) is 3.55. The van der Waals surface area contributed by atoms with Crippen LogP contribution < -0.4 is 5.19 Å². The van der Waals surface area contributed by atoms with Gasteiger partial charge >= 0.3 is 0 Å². The van der Waals surface area contributed by atoms with Crippen LogP contribution >= 0.6 is 0 Å². The molecule has 0 heterocycles. The SMILES string of the molecule is C=C(c1ccccc1[Si]C(C)CC)N(CC)CC. The van der Waals surface area contributed by atoms with Crippen molar-refractivity contribution < 1.29 is 0 Å². The molecular weight excluding hydrogens is 234 g/mol. The van der Waals surface area contributed by atoms with Crippen molar-refractivity contribution >= 4 is 20.4 Å². The highest BCUT2D eigenvalue weighted by Crippen LogP contribution is 2.16. The zero-order valence-electron chi connectivity index (χ0n) is 12.2. The first-order valence-corrected chi connectivity index (χ1v) is 8.01. The van der Waals surface area contributed by atoms with E-state index < -0.39 is 0 Å². The minimum absolute atomic E-state index is 0.760. The van der Waals surface area contributed by atoms with Gasteiger partial charge in [-0.15, -0.1) is 0 Å². The normalized spacial score (nSPS) is 12.2. The molecule has 0 saturated heterocycles. The third-order valence-corrected chi connectivity index (χ3v) is 5.05. The lowest BCUT2D eigenvalue weighted by Crippen LogP contribution is -2.28. The van der Waals surface area contributed by atoms with E-state index in [4.69, 9.17) is 0 Å². The van der Waals surface area contributed by atoms with Crippen molar-refractivity contribution in [2.45, 2.75) is 39.7 Å². The van der Waals surface area contributed by atoms with Gasteiger partial charge in [0.1, 0.15) is 0 Å². The van der Waals surface area contributed by atoms with E-state index in [0.29, 0.717) is 0 Å². The summed E-state index contributed by atoms with van der Waals surface area (Å²) in [7, 11) is 0.878. The maximum absolute atomic E-state index is 4.29. The molecule has 0 aliphatic heterocycles. The Morgan fingerprint density at radius 2 is 1.83 bits per heavy atom. The summed E-state index contributed by atoms with van der Waals surface area (Å²) in [6.07, 6.45) is 1.24. The van der Waals surface area contributed by atoms with E-state index in [2.05, 4.69) is 63.4 Å². The molecule has 2 radical (unpaired) electrons. The number of hydrogen-bond donors (Lipinski definition) is 0. The highest BCUT2D eigenvalue weighted by Gasteiger charge is 2.12. The topological polar surface area (TPSA) is 3.24 Å². The van der Waals surface area contributed by atoms with E-state index in [9.17, 15) is 0 Å². The van der Waals surface area contributed by atoms with Crippen molar-refractivity contribution in [1.29, 1.82) is 0 Å². The Morgan fingerprint density at radius 1 is 1.22 bits per heavy atom. The van der Waals surface area contributed by atoms with E-state index >= 15 is 0 Å². The van der Waals surface area contributed by atoms with Crippen molar-refractivity contribution in [3.8, 4) is 0 Å². The first-order chi connectivity index (χ1) is 8.63. The minimum atomic E-state index is 0.760. The van der Waals surface area contributed by atoms with Gasteiger partial charge in [0.15, 0.2) is 0 Å².